The number of rotatable bonds is 1. The van der Waals surface area contributed by atoms with Gasteiger partial charge in [-0.05, 0) is 44.5 Å². The van der Waals surface area contributed by atoms with E-state index in [2.05, 4.69) is 22.8 Å². The first-order valence-electron chi connectivity index (χ1n) is 7.39. The molecule has 2 fully saturated rings. The van der Waals surface area contributed by atoms with E-state index in [1.54, 1.807) is 6.07 Å². The van der Waals surface area contributed by atoms with Crippen LogP contribution in [0.25, 0.3) is 0 Å². The second-order valence-electron chi connectivity index (χ2n) is 5.92. The van der Waals surface area contributed by atoms with Gasteiger partial charge in [0, 0.05) is 25.2 Å². The average molecular weight is 273 g/mol. The third-order valence-electron chi connectivity index (χ3n) is 4.58. The Balaban J connectivity index is 1.88. The second-order valence-corrected chi connectivity index (χ2v) is 5.92. The predicted molar refractivity (Wildman–Crippen MR) is 77.1 cm³/mol. The van der Waals surface area contributed by atoms with Crippen molar-refractivity contribution >= 4 is 5.69 Å². The van der Waals surface area contributed by atoms with Crippen LogP contribution in [0, 0.1) is 17.1 Å². The lowest BCUT2D eigenvalue weighted by molar-refractivity contribution is 0.115. The highest BCUT2D eigenvalue weighted by Gasteiger charge is 2.33. The molecule has 1 aromatic rings. The summed E-state index contributed by atoms with van der Waals surface area (Å²) in [6, 6.07) is 7.62. The van der Waals surface area contributed by atoms with Crippen LogP contribution in [-0.2, 0) is 0 Å². The van der Waals surface area contributed by atoms with Gasteiger partial charge < -0.3 is 4.90 Å². The van der Waals surface area contributed by atoms with Crippen molar-refractivity contribution in [1.29, 1.82) is 5.26 Å². The second kappa shape index (κ2) is 5.41. The summed E-state index contributed by atoms with van der Waals surface area (Å²) in [5.41, 5.74) is 1.33. The van der Waals surface area contributed by atoms with Crippen molar-refractivity contribution < 1.29 is 4.39 Å². The van der Waals surface area contributed by atoms with E-state index in [4.69, 9.17) is 0 Å². The first kappa shape index (κ1) is 13.4. The van der Waals surface area contributed by atoms with Gasteiger partial charge >= 0.3 is 0 Å². The average Bonchev–Trinajstić information content (AvgIpc) is 2.46. The van der Waals surface area contributed by atoms with Crippen molar-refractivity contribution in [2.75, 3.05) is 24.5 Å². The minimum absolute atomic E-state index is 0.339. The molecular weight excluding hydrogens is 253 g/mol. The number of hydrogen-bond acceptors (Lipinski definition) is 3. The molecule has 2 heterocycles. The Morgan fingerprint density at radius 2 is 2.15 bits per heavy atom. The molecule has 2 aliphatic heterocycles. The molecule has 0 spiro atoms. The van der Waals surface area contributed by atoms with Crippen molar-refractivity contribution in [3.05, 3.63) is 29.6 Å². The van der Waals surface area contributed by atoms with E-state index in [1.165, 1.54) is 37.9 Å². The SMILES string of the molecule is CC1CN2CCCCC2CN1c1ccc(F)cc1C#N. The smallest absolute Gasteiger partial charge is 0.124 e. The topological polar surface area (TPSA) is 30.3 Å². The summed E-state index contributed by atoms with van der Waals surface area (Å²) < 4.78 is 13.3. The maximum absolute atomic E-state index is 13.3. The normalized spacial score (nSPS) is 26.9. The molecule has 0 N–H and O–H groups in total. The zero-order chi connectivity index (χ0) is 14.1. The summed E-state index contributed by atoms with van der Waals surface area (Å²) in [7, 11) is 0. The highest BCUT2D eigenvalue weighted by atomic mass is 19.1. The Morgan fingerprint density at radius 3 is 2.95 bits per heavy atom. The van der Waals surface area contributed by atoms with Crippen LogP contribution in [0.15, 0.2) is 18.2 Å². The van der Waals surface area contributed by atoms with Gasteiger partial charge in [0.05, 0.1) is 11.3 Å². The van der Waals surface area contributed by atoms with E-state index < -0.39 is 0 Å². The summed E-state index contributed by atoms with van der Waals surface area (Å²) >= 11 is 0. The van der Waals surface area contributed by atoms with Crippen molar-refractivity contribution in [3.8, 4) is 6.07 Å². The molecule has 2 unspecified atom stereocenters. The molecular formula is C16H20FN3. The van der Waals surface area contributed by atoms with E-state index in [0.29, 0.717) is 17.6 Å². The van der Waals surface area contributed by atoms with E-state index >= 15 is 0 Å². The van der Waals surface area contributed by atoms with Gasteiger partial charge in [0.1, 0.15) is 11.9 Å². The first-order chi connectivity index (χ1) is 9.69. The molecule has 2 aliphatic rings. The van der Waals surface area contributed by atoms with Gasteiger partial charge in [-0.25, -0.2) is 4.39 Å². The molecule has 20 heavy (non-hydrogen) atoms. The van der Waals surface area contributed by atoms with Crippen LogP contribution in [0.3, 0.4) is 0 Å². The fraction of sp³-hybridized carbons (Fsp3) is 0.562. The number of nitriles is 1. The number of anilines is 1. The third-order valence-corrected chi connectivity index (χ3v) is 4.58. The molecule has 0 aliphatic carbocycles. The maximum atomic E-state index is 13.3. The monoisotopic (exact) mass is 273 g/mol. The van der Waals surface area contributed by atoms with Gasteiger partial charge in [0.25, 0.3) is 0 Å². The third kappa shape index (κ3) is 2.38. The zero-order valence-corrected chi connectivity index (χ0v) is 11.8. The number of hydrogen-bond donors (Lipinski definition) is 0. The molecule has 0 saturated carbocycles. The Bertz CT molecular complexity index is 537. The Labute approximate surface area is 119 Å². The lowest BCUT2D eigenvalue weighted by atomic mass is 9.96. The number of piperidine rings is 1. The van der Waals surface area contributed by atoms with Crippen LogP contribution in [0.2, 0.25) is 0 Å². The van der Waals surface area contributed by atoms with Crippen molar-refractivity contribution in [3.63, 3.8) is 0 Å². The van der Waals surface area contributed by atoms with Gasteiger partial charge in [-0.2, -0.15) is 5.26 Å². The van der Waals surface area contributed by atoms with Crippen LogP contribution >= 0.6 is 0 Å². The fourth-order valence-electron chi connectivity index (χ4n) is 3.54. The summed E-state index contributed by atoms with van der Waals surface area (Å²) in [4.78, 5) is 4.85. The minimum atomic E-state index is -0.339. The largest absolute Gasteiger partial charge is 0.365 e. The molecule has 0 aromatic heterocycles. The lowest BCUT2D eigenvalue weighted by Gasteiger charge is -2.48. The van der Waals surface area contributed by atoms with Crippen LogP contribution in [0.1, 0.15) is 31.7 Å². The Hall–Kier alpha value is -1.60. The molecule has 0 bridgehead atoms. The van der Waals surface area contributed by atoms with Crippen LogP contribution in [0.5, 0.6) is 0 Å². The number of fused-ring (bicyclic) bond motifs is 1. The Kier molecular flexibility index (Phi) is 3.62. The molecule has 2 saturated heterocycles. The predicted octanol–water partition coefficient (Wildman–Crippen LogP) is 2.76. The lowest BCUT2D eigenvalue weighted by Crippen LogP contribution is -2.59. The number of benzene rings is 1. The molecule has 3 nitrogen and oxygen atoms in total. The van der Waals surface area contributed by atoms with Crippen molar-refractivity contribution in [1.82, 2.24) is 4.90 Å². The van der Waals surface area contributed by atoms with E-state index in [0.717, 1.165) is 18.8 Å². The van der Waals surface area contributed by atoms with Gasteiger partial charge in [0.2, 0.25) is 0 Å². The van der Waals surface area contributed by atoms with Gasteiger partial charge in [-0.1, -0.05) is 6.42 Å². The molecule has 106 valence electrons. The van der Waals surface area contributed by atoms with Crippen LogP contribution in [-0.4, -0.2) is 36.6 Å². The van der Waals surface area contributed by atoms with Crippen molar-refractivity contribution in [2.24, 2.45) is 0 Å². The summed E-state index contributed by atoms with van der Waals surface area (Å²) in [5, 5.41) is 9.24. The van der Waals surface area contributed by atoms with Gasteiger partial charge in [0.15, 0.2) is 0 Å². The maximum Gasteiger partial charge on any atom is 0.124 e. The Morgan fingerprint density at radius 1 is 1.30 bits per heavy atom. The molecule has 1 aromatic carbocycles. The number of halogens is 1. The number of nitrogens with zero attached hydrogens (tertiary/aromatic N) is 3. The summed E-state index contributed by atoms with van der Waals surface area (Å²) in [6.07, 6.45) is 3.81. The quantitative estimate of drug-likeness (QED) is 0.788. The summed E-state index contributed by atoms with van der Waals surface area (Å²) in [6.45, 7) is 5.36. The summed E-state index contributed by atoms with van der Waals surface area (Å²) in [5.74, 6) is -0.339. The van der Waals surface area contributed by atoms with Gasteiger partial charge in [-0.15, -0.1) is 0 Å². The number of piperazine rings is 1. The molecule has 0 amide bonds. The van der Waals surface area contributed by atoms with E-state index in [1.807, 2.05) is 0 Å². The van der Waals surface area contributed by atoms with Crippen LogP contribution < -0.4 is 4.90 Å². The minimum Gasteiger partial charge on any atom is -0.365 e. The van der Waals surface area contributed by atoms with Gasteiger partial charge in [-0.3, -0.25) is 4.90 Å². The van der Waals surface area contributed by atoms with E-state index in [9.17, 15) is 9.65 Å². The molecule has 3 rings (SSSR count). The van der Waals surface area contributed by atoms with Crippen molar-refractivity contribution in [2.45, 2.75) is 38.3 Å². The highest BCUT2D eigenvalue weighted by molar-refractivity contribution is 5.60. The molecule has 0 radical (unpaired) electrons. The molecule has 4 heteroatoms. The molecule has 2 atom stereocenters. The first-order valence-corrected chi connectivity index (χ1v) is 7.39. The standard InChI is InChI=1S/C16H20FN3/c1-12-10-19-7-3-2-4-15(19)11-20(12)16-6-5-14(17)8-13(16)9-18/h5-6,8,12,15H,2-4,7,10-11H2,1H3. The van der Waals surface area contributed by atoms with E-state index in [-0.39, 0.29) is 5.82 Å². The van der Waals surface area contributed by atoms with Crippen LogP contribution in [0.4, 0.5) is 10.1 Å². The zero-order valence-electron chi connectivity index (χ0n) is 11.8. The fourth-order valence-corrected chi connectivity index (χ4v) is 3.54. The highest BCUT2D eigenvalue weighted by Crippen LogP contribution is 2.30.